The van der Waals surface area contributed by atoms with Gasteiger partial charge in [-0.15, -0.1) is 0 Å². The molecule has 2 rings (SSSR count). The van der Waals surface area contributed by atoms with Crippen LogP contribution in [-0.2, 0) is 0 Å². The molecule has 0 aliphatic rings. The van der Waals surface area contributed by atoms with Gasteiger partial charge in [0.05, 0.1) is 7.11 Å². The molecule has 0 bridgehead atoms. The highest BCUT2D eigenvalue weighted by Crippen LogP contribution is 2.19. The van der Waals surface area contributed by atoms with Gasteiger partial charge in [-0.25, -0.2) is 4.98 Å². The van der Waals surface area contributed by atoms with Crippen LogP contribution in [0.3, 0.4) is 0 Å². The van der Waals surface area contributed by atoms with E-state index >= 15 is 0 Å². The number of aromatic nitrogens is 2. The van der Waals surface area contributed by atoms with E-state index in [0.717, 1.165) is 23.3 Å². The summed E-state index contributed by atoms with van der Waals surface area (Å²) in [5, 5.41) is 0. The van der Waals surface area contributed by atoms with Gasteiger partial charge in [-0.05, 0) is 36.6 Å². The van der Waals surface area contributed by atoms with Crippen molar-refractivity contribution in [3.8, 4) is 17.1 Å². The number of nitrogens with one attached hydrogen (secondary N) is 1. The summed E-state index contributed by atoms with van der Waals surface area (Å²) in [6, 6.07) is 7.44. The Hall–Kier alpha value is -2.10. The van der Waals surface area contributed by atoms with Gasteiger partial charge in [0, 0.05) is 17.3 Å². The van der Waals surface area contributed by atoms with E-state index in [1.54, 1.807) is 13.3 Å². The summed E-state index contributed by atoms with van der Waals surface area (Å²) < 4.78 is 5.10. The van der Waals surface area contributed by atoms with Crippen molar-refractivity contribution in [2.24, 2.45) is 0 Å². The van der Waals surface area contributed by atoms with Crippen LogP contribution in [0, 0.1) is 0 Å². The third-order valence-corrected chi connectivity index (χ3v) is 3.33. The average Bonchev–Trinajstić information content (AvgIpc) is 2.46. The fourth-order valence-corrected chi connectivity index (χ4v) is 1.87. The highest BCUT2D eigenvalue weighted by atomic mass is 16.5. The van der Waals surface area contributed by atoms with Crippen molar-refractivity contribution in [3.05, 3.63) is 46.4 Å². The van der Waals surface area contributed by atoms with E-state index in [2.05, 4.69) is 16.9 Å². The molecule has 2 aromatic rings. The highest BCUT2D eigenvalue weighted by molar-refractivity contribution is 5.55. The van der Waals surface area contributed by atoms with Crippen molar-refractivity contribution in [2.75, 3.05) is 7.11 Å². The first-order valence-corrected chi connectivity index (χ1v) is 6.39. The maximum atomic E-state index is 12.0. The summed E-state index contributed by atoms with van der Waals surface area (Å²) >= 11 is 0. The minimum Gasteiger partial charge on any atom is -0.497 e. The Morgan fingerprint density at radius 3 is 2.53 bits per heavy atom. The Morgan fingerprint density at radius 1 is 1.32 bits per heavy atom. The van der Waals surface area contributed by atoms with E-state index in [9.17, 15) is 4.79 Å². The third-order valence-electron chi connectivity index (χ3n) is 3.33. The number of aromatic amines is 1. The standard InChI is InChI=1S/C15H18N2O2/c1-4-10(2)13-9-16-14(17-15(13)18)11-5-7-12(19-3)8-6-11/h5-10H,4H2,1-3H3,(H,16,17,18). The van der Waals surface area contributed by atoms with Crippen molar-refractivity contribution >= 4 is 0 Å². The largest absolute Gasteiger partial charge is 0.497 e. The lowest BCUT2D eigenvalue weighted by Gasteiger charge is -2.08. The molecule has 1 aromatic carbocycles. The lowest BCUT2D eigenvalue weighted by atomic mass is 10.0. The predicted octanol–water partition coefficient (Wildman–Crippen LogP) is 2.96. The number of benzene rings is 1. The SMILES string of the molecule is CCC(C)c1cnc(-c2ccc(OC)cc2)[nH]c1=O. The molecule has 19 heavy (non-hydrogen) atoms. The Morgan fingerprint density at radius 2 is 2.00 bits per heavy atom. The quantitative estimate of drug-likeness (QED) is 0.917. The summed E-state index contributed by atoms with van der Waals surface area (Å²) in [5.41, 5.74) is 1.54. The van der Waals surface area contributed by atoms with Crippen molar-refractivity contribution in [1.82, 2.24) is 9.97 Å². The Balaban J connectivity index is 2.35. The summed E-state index contributed by atoms with van der Waals surface area (Å²) in [5.74, 6) is 1.59. The fourth-order valence-electron chi connectivity index (χ4n) is 1.87. The van der Waals surface area contributed by atoms with Gasteiger partial charge in [-0.3, -0.25) is 4.79 Å². The summed E-state index contributed by atoms with van der Waals surface area (Å²) in [6.07, 6.45) is 2.60. The monoisotopic (exact) mass is 258 g/mol. The Kier molecular flexibility index (Phi) is 4.00. The first kappa shape index (κ1) is 13.3. The topological polar surface area (TPSA) is 55.0 Å². The molecular formula is C15H18N2O2. The molecule has 0 fully saturated rings. The van der Waals surface area contributed by atoms with Crippen LogP contribution in [0.4, 0.5) is 0 Å². The van der Waals surface area contributed by atoms with Crippen LogP contribution >= 0.6 is 0 Å². The van der Waals surface area contributed by atoms with Gasteiger partial charge in [-0.1, -0.05) is 13.8 Å². The zero-order chi connectivity index (χ0) is 13.8. The van der Waals surface area contributed by atoms with Crippen LogP contribution in [0.5, 0.6) is 5.75 Å². The predicted molar refractivity (Wildman–Crippen MR) is 75.6 cm³/mol. The molecule has 1 N–H and O–H groups in total. The van der Waals surface area contributed by atoms with Crippen LogP contribution in [0.25, 0.3) is 11.4 Å². The molecule has 1 heterocycles. The first-order chi connectivity index (χ1) is 9.15. The van der Waals surface area contributed by atoms with Gasteiger partial charge in [-0.2, -0.15) is 0 Å². The zero-order valence-electron chi connectivity index (χ0n) is 11.4. The van der Waals surface area contributed by atoms with Gasteiger partial charge >= 0.3 is 0 Å². The summed E-state index contributed by atoms with van der Waals surface area (Å²) in [4.78, 5) is 19.2. The third kappa shape index (κ3) is 2.84. The van der Waals surface area contributed by atoms with Crippen molar-refractivity contribution in [1.29, 1.82) is 0 Å². The Bertz CT molecular complexity index is 602. The number of hydrogen-bond donors (Lipinski definition) is 1. The number of H-pyrrole nitrogens is 1. The molecule has 0 spiro atoms. The maximum absolute atomic E-state index is 12.0. The van der Waals surface area contributed by atoms with Gasteiger partial charge in [0.2, 0.25) is 0 Å². The second-order valence-corrected chi connectivity index (χ2v) is 4.55. The molecule has 0 aliphatic heterocycles. The van der Waals surface area contributed by atoms with Gasteiger partial charge in [0.25, 0.3) is 5.56 Å². The second-order valence-electron chi connectivity index (χ2n) is 4.55. The van der Waals surface area contributed by atoms with E-state index < -0.39 is 0 Å². The number of rotatable bonds is 4. The van der Waals surface area contributed by atoms with Crippen LogP contribution in [0.2, 0.25) is 0 Å². The van der Waals surface area contributed by atoms with Crippen molar-refractivity contribution in [3.63, 3.8) is 0 Å². The average molecular weight is 258 g/mol. The van der Waals surface area contributed by atoms with Crippen LogP contribution in [0.15, 0.2) is 35.3 Å². The number of nitrogens with zero attached hydrogens (tertiary/aromatic N) is 1. The molecule has 1 atom stereocenters. The number of hydrogen-bond acceptors (Lipinski definition) is 3. The van der Waals surface area contributed by atoms with E-state index in [-0.39, 0.29) is 11.5 Å². The van der Waals surface area contributed by atoms with Crippen molar-refractivity contribution in [2.45, 2.75) is 26.2 Å². The van der Waals surface area contributed by atoms with E-state index in [4.69, 9.17) is 4.74 Å². The number of ether oxygens (including phenoxy) is 1. The highest BCUT2D eigenvalue weighted by Gasteiger charge is 2.10. The lowest BCUT2D eigenvalue weighted by Crippen LogP contribution is -2.16. The zero-order valence-corrected chi connectivity index (χ0v) is 11.4. The molecule has 0 radical (unpaired) electrons. The molecule has 1 aromatic heterocycles. The molecule has 0 saturated carbocycles. The van der Waals surface area contributed by atoms with E-state index in [1.165, 1.54) is 0 Å². The van der Waals surface area contributed by atoms with E-state index in [0.29, 0.717) is 5.82 Å². The van der Waals surface area contributed by atoms with Crippen LogP contribution in [0.1, 0.15) is 31.7 Å². The molecule has 100 valence electrons. The molecular weight excluding hydrogens is 240 g/mol. The molecule has 0 saturated heterocycles. The second kappa shape index (κ2) is 5.69. The minimum atomic E-state index is -0.0600. The van der Waals surface area contributed by atoms with Gasteiger partial charge < -0.3 is 9.72 Å². The molecule has 4 heteroatoms. The molecule has 0 amide bonds. The molecule has 0 aliphatic carbocycles. The molecule has 4 nitrogen and oxygen atoms in total. The van der Waals surface area contributed by atoms with Crippen molar-refractivity contribution < 1.29 is 4.74 Å². The summed E-state index contributed by atoms with van der Waals surface area (Å²) in [7, 11) is 1.62. The van der Waals surface area contributed by atoms with Crippen LogP contribution < -0.4 is 10.3 Å². The fraction of sp³-hybridized carbons (Fsp3) is 0.333. The molecule has 1 unspecified atom stereocenters. The van der Waals surface area contributed by atoms with Gasteiger partial charge in [0.15, 0.2) is 0 Å². The first-order valence-electron chi connectivity index (χ1n) is 6.39. The maximum Gasteiger partial charge on any atom is 0.254 e. The Labute approximate surface area is 112 Å². The normalized spacial score (nSPS) is 12.2. The lowest BCUT2D eigenvalue weighted by molar-refractivity contribution is 0.415. The van der Waals surface area contributed by atoms with Gasteiger partial charge in [0.1, 0.15) is 11.6 Å². The van der Waals surface area contributed by atoms with E-state index in [1.807, 2.05) is 31.2 Å². The minimum absolute atomic E-state index is 0.0600. The number of methoxy groups -OCH3 is 1. The smallest absolute Gasteiger partial charge is 0.254 e. The summed E-state index contributed by atoms with van der Waals surface area (Å²) in [6.45, 7) is 4.08. The van der Waals surface area contributed by atoms with Crippen LogP contribution in [-0.4, -0.2) is 17.1 Å².